The lowest BCUT2D eigenvalue weighted by atomic mass is 10.0. The molecule has 1 atom stereocenters. The van der Waals surface area contributed by atoms with Crippen molar-refractivity contribution in [2.24, 2.45) is 10.7 Å². The van der Waals surface area contributed by atoms with Gasteiger partial charge in [0.2, 0.25) is 5.91 Å². The van der Waals surface area contributed by atoms with E-state index < -0.39 is 0 Å². The zero-order valence-corrected chi connectivity index (χ0v) is 9.95. The van der Waals surface area contributed by atoms with Gasteiger partial charge in [-0.25, -0.2) is 0 Å². The summed E-state index contributed by atoms with van der Waals surface area (Å²) in [5, 5.41) is 3.05. The van der Waals surface area contributed by atoms with Gasteiger partial charge in [-0.15, -0.1) is 0 Å². The van der Waals surface area contributed by atoms with E-state index in [0.29, 0.717) is 5.02 Å². The predicted molar refractivity (Wildman–Crippen MR) is 65.6 cm³/mol. The second-order valence-electron chi connectivity index (χ2n) is 3.34. The summed E-state index contributed by atoms with van der Waals surface area (Å²) in [5.41, 5.74) is 6.18. The summed E-state index contributed by atoms with van der Waals surface area (Å²) >= 11 is 5.99. The number of carbonyl (C=O) groups is 1. The molecule has 0 heterocycles. The van der Waals surface area contributed by atoms with Crippen molar-refractivity contribution < 1.29 is 4.79 Å². The number of aliphatic imine (C=N–C) groups is 1. The quantitative estimate of drug-likeness (QED) is 0.607. The summed E-state index contributed by atoms with van der Waals surface area (Å²) in [6.07, 6.45) is 0. The first-order valence-corrected chi connectivity index (χ1v) is 5.21. The summed E-state index contributed by atoms with van der Waals surface area (Å²) < 4.78 is 0. The number of nitrogens with two attached hydrogens (primary N) is 1. The molecule has 0 aromatic heterocycles. The Hall–Kier alpha value is -1.55. The maximum absolute atomic E-state index is 11.7. The monoisotopic (exact) mass is 239 g/mol. The van der Waals surface area contributed by atoms with Crippen LogP contribution >= 0.6 is 11.6 Å². The normalized spacial score (nSPS) is 13.3. The molecule has 0 aliphatic heterocycles. The Morgan fingerprint density at radius 2 is 2.12 bits per heavy atom. The van der Waals surface area contributed by atoms with Crippen LogP contribution in [0.5, 0.6) is 0 Å². The third-order valence-corrected chi connectivity index (χ3v) is 2.60. The van der Waals surface area contributed by atoms with E-state index in [9.17, 15) is 4.79 Å². The fourth-order valence-corrected chi connectivity index (χ4v) is 1.56. The SMILES string of the molecule is CN=C(N)NC(=O)C(C)c1ccccc1Cl. The zero-order chi connectivity index (χ0) is 12.1. The predicted octanol–water partition coefficient (Wildman–Crippen LogP) is 1.50. The molecule has 0 spiro atoms. The number of benzene rings is 1. The molecule has 4 nitrogen and oxygen atoms in total. The third-order valence-electron chi connectivity index (χ3n) is 2.26. The lowest BCUT2D eigenvalue weighted by Crippen LogP contribution is -2.39. The van der Waals surface area contributed by atoms with Gasteiger partial charge < -0.3 is 5.73 Å². The van der Waals surface area contributed by atoms with Crippen LogP contribution in [0.4, 0.5) is 0 Å². The highest BCUT2D eigenvalue weighted by Crippen LogP contribution is 2.23. The van der Waals surface area contributed by atoms with E-state index in [0.717, 1.165) is 5.56 Å². The first-order valence-electron chi connectivity index (χ1n) is 4.83. The summed E-state index contributed by atoms with van der Waals surface area (Å²) in [6.45, 7) is 1.76. The number of halogens is 1. The molecule has 0 bridgehead atoms. The van der Waals surface area contributed by atoms with E-state index in [-0.39, 0.29) is 17.8 Å². The van der Waals surface area contributed by atoms with Gasteiger partial charge in [-0.1, -0.05) is 29.8 Å². The Kier molecular flexibility index (Phi) is 4.31. The van der Waals surface area contributed by atoms with Crippen molar-refractivity contribution >= 4 is 23.5 Å². The van der Waals surface area contributed by atoms with Crippen LogP contribution < -0.4 is 11.1 Å². The van der Waals surface area contributed by atoms with Gasteiger partial charge in [-0.3, -0.25) is 15.1 Å². The van der Waals surface area contributed by atoms with Gasteiger partial charge in [0, 0.05) is 12.1 Å². The zero-order valence-electron chi connectivity index (χ0n) is 9.20. The molecule has 16 heavy (non-hydrogen) atoms. The van der Waals surface area contributed by atoms with Crippen molar-refractivity contribution in [2.45, 2.75) is 12.8 Å². The minimum atomic E-state index is -0.367. The van der Waals surface area contributed by atoms with Gasteiger partial charge in [0.05, 0.1) is 5.92 Å². The Bertz CT molecular complexity index is 417. The number of rotatable bonds is 2. The number of amides is 1. The first-order chi connectivity index (χ1) is 7.56. The first kappa shape index (κ1) is 12.5. The number of carbonyl (C=O) groups excluding carboxylic acids is 1. The fourth-order valence-electron chi connectivity index (χ4n) is 1.26. The maximum Gasteiger partial charge on any atom is 0.233 e. The standard InChI is InChI=1S/C11H14ClN3O/c1-7(10(16)15-11(13)14-2)8-5-3-4-6-9(8)12/h3-7H,1-2H3,(H3,13,14,15,16). The highest BCUT2D eigenvalue weighted by Gasteiger charge is 2.17. The van der Waals surface area contributed by atoms with Crippen molar-refractivity contribution in [3.63, 3.8) is 0 Å². The second kappa shape index (κ2) is 5.51. The maximum atomic E-state index is 11.7. The molecule has 1 aromatic carbocycles. The van der Waals surface area contributed by atoms with Gasteiger partial charge in [-0.2, -0.15) is 0 Å². The largest absolute Gasteiger partial charge is 0.370 e. The Morgan fingerprint density at radius 3 is 2.69 bits per heavy atom. The molecular weight excluding hydrogens is 226 g/mol. The molecule has 0 fully saturated rings. The summed E-state index contributed by atoms with van der Waals surface area (Å²) in [7, 11) is 1.51. The fraction of sp³-hybridized carbons (Fsp3) is 0.273. The van der Waals surface area contributed by atoms with E-state index in [4.69, 9.17) is 17.3 Å². The minimum absolute atomic E-state index is 0.101. The van der Waals surface area contributed by atoms with Crippen molar-refractivity contribution in [1.82, 2.24) is 5.32 Å². The molecular formula is C11H14ClN3O. The van der Waals surface area contributed by atoms with Crippen LogP contribution in [0, 0.1) is 0 Å². The lowest BCUT2D eigenvalue weighted by molar-refractivity contribution is -0.120. The number of guanidine groups is 1. The average Bonchev–Trinajstić information content (AvgIpc) is 2.28. The second-order valence-corrected chi connectivity index (χ2v) is 3.75. The molecule has 1 aromatic rings. The van der Waals surface area contributed by atoms with Gasteiger partial charge >= 0.3 is 0 Å². The van der Waals surface area contributed by atoms with Crippen molar-refractivity contribution in [2.75, 3.05) is 7.05 Å². The summed E-state index contributed by atoms with van der Waals surface area (Å²) in [5.74, 6) is -0.492. The number of hydrogen-bond acceptors (Lipinski definition) is 2. The van der Waals surface area contributed by atoms with Crippen LogP contribution in [-0.2, 0) is 4.79 Å². The lowest BCUT2D eigenvalue weighted by Gasteiger charge is -2.13. The minimum Gasteiger partial charge on any atom is -0.370 e. The van der Waals surface area contributed by atoms with Crippen molar-refractivity contribution in [3.8, 4) is 0 Å². The third kappa shape index (κ3) is 2.97. The van der Waals surface area contributed by atoms with Crippen LogP contribution in [0.3, 0.4) is 0 Å². The molecule has 3 N–H and O–H groups in total. The van der Waals surface area contributed by atoms with E-state index in [1.54, 1.807) is 13.0 Å². The van der Waals surface area contributed by atoms with Gasteiger partial charge in [0.1, 0.15) is 0 Å². The Balaban J connectivity index is 2.83. The van der Waals surface area contributed by atoms with Gasteiger partial charge in [0.25, 0.3) is 0 Å². The molecule has 0 aliphatic carbocycles. The molecule has 0 aliphatic rings. The van der Waals surface area contributed by atoms with Crippen molar-refractivity contribution in [3.05, 3.63) is 34.9 Å². The smallest absolute Gasteiger partial charge is 0.233 e. The van der Waals surface area contributed by atoms with Gasteiger partial charge in [0.15, 0.2) is 5.96 Å². The van der Waals surface area contributed by atoms with Crippen LogP contribution in [0.2, 0.25) is 5.02 Å². The van der Waals surface area contributed by atoms with E-state index in [2.05, 4.69) is 10.3 Å². The Labute approximate surface area is 99.5 Å². The van der Waals surface area contributed by atoms with E-state index in [1.807, 2.05) is 18.2 Å². The number of nitrogens with zero attached hydrogens (tertiary/aromatic N) is 1. The number of hydrogen-bond donors (Lipinski definition) is 2. The molecule has 1 rings (SSSR count). The van der Waals surface area contributed by atoms with E-state index >= 15 is 0 Å². The van der Waals surface area contributed by atoms with Crippen LogP contribution in [0.15, 0.2) is 29.3 Å². The highest BCUT2D eigenvalue weighted by atomic mass is 35.5. The molecule has 5 heteroatoms. The van der Waals surface area contributed by atoms with Gasteiger partial charge in [-0.05, 0) is 18.6 Å². The summed E-state index contributed by atoms with van der Waals surface area (Å²) in [4.78, 5) is 15.4. The summed E-state index contributed by atoms with van der Waals surface area (Å²) in [6, 6.07) is 7.21. The van der Waals surface area contributed by atoms with Crippen LogP contribution in [0.25, 0.3) is 0 Å². The van der Waals surface area contributed by atoms with E-state index in [1.165, 1.54) is 7.05 Å². The molecule has 0 saturated carbocycles. The number of nitrogens with one attached hydrogen (secondary N) is 1. The molecule has 1 unspecified atom stereocenters. The Morgan fingerprint density at radius 1 is 1.50 bits per heavy atom. The van der Waals surface area contributed by atoms with Crippen LogP contribution in [-0.4, -0.2) is 18.9 Å². The van der Waals surface area contributed by atoms with Crippen molar-refractivity contribution in [1.29, 1.82) is 0 Å². The topological polar surface area (TPSA) is 67.5 Å². The van der Waals surface area contributed by atoms with Crippen LogP contribution in [0.1, 0.15) is 18.4 Å². The molecule has 86 valence electrons. The molecule has 0 radical (unpaired) electrons. The molecule has 1 amide bonds. The average molecular weight is 240 g/mol. The highest BCUT2D eigenvalue weighted by molar-refractivity contribution is 6.31. The molecule has 0 saturated heterocycles.